The van der Waals surface area contributed by atoms with Gasteiger partial charge < -0.3 is 14.8 Å². The van der Waals surface area contributed by atoms with Crippen LogP contribution < -0.4 is 5.32 Å². The zero-order valence-corrected chi connectivity index (χ0v) is 17.0. The van der Waals surface area contributed by atoms with Gasteiger partial charge >= 0.3 is 6.03 Å². The van der Waals surface area contributed by atoms with E-state index in [1.165, 1.54) is 16.8 Å². The second-order valence-corrected chi connectivity index (χ2v) is 8.96. The van der Waals surface area contributed by atoms with Gasteiger partial charge in [-0.3, -0.25) is 0 Å². The van der Waals surface area contributed by atoms with Crippen molar-refractivity contribution in [2.75, 3.05) is 31.5 Å². The Labute approximate surface area is 169 Å². The van der Waals surface area contributed by atoms with Gasteiger partial charge in [-0.25, -0.2) is 18.2 Å². The average Bonchev–Trinajstić information content (AvgIpc) is 3.00. The molecule has 2 heterocycles. The predicted octanol–water partition coefficient (Wildman–Crippen LogP) is 2.50. The first kappa shape index (κ1) is 19.4. The van der Waals surface area contributed by atoms with Crippen LogP contribution in [0.25, 0.3) is 10.8 Å². The number of imidazole rings is 1. The van der Waals surface area contributed by atoms with Gasteiger partial charge in [-0.05, 0) is 17.9 Å². The van der Waals surface area contributed by atoms with E-state index in [2.05, 4.69) is 10.3 Å². The Balaban J connectivity index is 1.46. The van der Waals surface area contributed by atoms with E-state index in [0.717, 1.165) is 16.5 Å². The van der Waals surface area contributed by atoms with E-state index in [1.807, 2.05) is 42.5 Å². The number of rotatable bonds is 3. The summed E-state index contributed by atoms with van der Waals surface area (Å²) in [7, 11) is -1.93. The zero-order chi connectivity index (χ0) is 20.4. The third kappa shape index (κ3) is 3.96. The maximum atomic E-state index is 12.8. The van der Waals surface area contributed by atoms with Gasteiger partial charge in [0, 0.05) is 44.8 Å². The molecule has 0 saturated carbocycles. The first-order chi connectivity index (χ1) is 13.9. The maximum absolute atomic E-state index is 12.8. The lowest BCUT2D eigenvalue weighted by molar-refractivity contribution is 0.214. The lowest BCUT2D eigenvalue weighted by Crippen LogP contribution is -2.39. The highest BCUT2D eigenvalue weighted by Crippen LogP contribution is 2.23. The molecule has 8 nitrogen and oxygen atoms in total. The van der Waals surface area contributed by atoms with Gasteiger partial charge in [0.2, 0.25) is 0 Å². The van der Waals surface area contributed by atoms with Gasteiger partial charge in [-0.1, -0.05) is 36.4 Å². The first-order valence-electron chi connectivity index (χ1n) is 9.47. The van der Waals surface area contributed by atoms with Crippen LogP contribution in [0, 0.1) is 0 Å². The summed E-state index contributed by atoms with van der Waals surface area (Å²) in [6, 6.07) is 13.4. The molecule has 1 saturated heterocycles. The molecule has 1 aliphatic heterocycles. The number of carbonyl (C=O) groups is 1. The van der Waals surface area contributed by atoms with E-state index in [9.17, 15) is 13.2 Å². The number of hydrogen-bond donors (Lipinski definition) is 1. The Morgan fingerprint density at radius 3 is 2.62 bits per heavy atom. The molecular formula is C20H23N5O3S. The number of carbonyl (C=O) groups excluding carboxylic acids is 1. The van der Waals surface area contributed by atoms with E-state index < -0.39 is 10.0 Å². The topological polar surface area (TPSA) is 87.5 Å². The third-order valence-corrected chi connectivity index (χ3v) is 6.84. The van der Waals surface area contributed by atoms with Gasteiger partial charge in [0.1, 0.15) is 0 Å². The van der Waals surface area contributed by atoms with E-state index >= 15 is 0 Å². The van der Waals surface area contributed by atoms with Crippen molar-refractivity contribution in [3.8, 4) is 0 Å². The van der Waals surface area contributed by atoms with Crippen molar-refractivity contribution in [1.29, 1.82) is 0 Å². The fraction of sp³-hybridized carbons (Fsp3) is 0.300. The minimum Gasteiger partial charge on any atom is -0.339 e. The summed E-state index contributed by atoms with van der Waals surface area (Å²) in [6.45, 7) is 1.41. The number of hydrogen-bond acceptors (Lipinski definition) is 4. The molecule has 1 fully saturated rings. The van der Waals surface area contributed by atoms with E-state index in [4.69, 9.17) is 0 Å². The molecule has 0 bridgehead atoms. The quantitative estimate of drug-likeness (QED) is 0.715. The third-order valence-electron chi connectivity index (χ3n) is 5.06. The molecule has 1 aliphatic rings. The molecule has 2 aromatic carbocycles. The molecule has 2 amide bonds. The van der Waals surface area contributed by atoms with Crippen LogP contribution in [0.15, 0.2) is 60.0 Å². The fourth-order valence-electron chi connectivity index (χ4n) is 3.52. The number of nitrogens with one attached hydrogen (secondary N) is 1. The van der Waals surface area contributed by atoms with Gasteiger partial charge in [0.15, 0.2) is 5.03 Å². The molecule has 1 N–H and O–H groups in total. The molecule has 29 heavy (non-hydrogen) atoms. The highest BCUT2D eigenvalue weighted by Gasteiger charge is 2.29. The molecule has 152 valence electrons. The molecule has 3 aromatic rings. The lowest BCUT2D eigenvalue weighted by atomic mass is 10.1. The first-order valence-corrected chi connectivity index (χ1v) is 10.9. The second-order valence-electron chi connectivity index (χ2n) is 7.08. The second kappa shape index (κ2) is 7.84. The molecule has 4 rings (SSSR count). The average molecular weight is 414 g/mol. The summed E-state index contributed by atoms with van der Waals surface area (Å²) < 4.78 is 28.6. The SMILES string of the molecule is Cn1cnc(S(=O)(=O)N2CCCN(C(=O)Nc3cccc4ccccc34)CC2)c1. The fourth-order valence-corrected chi connectivity index (χ4v) is 4.96. The molecule has 0 atom stereocenters. The minimum atomic E-state index is -3.66. The number of aryl methyl sites for hydroxylation is 1. The summed E-state index contributed by atoms with van der Waals surface area (Å²) in [4.78, 5) is 18.5. The van der Waals surface area contributed by atoms with Crippen molar-refractivity contribution in [1.82, 2.24) is 18.8 Å². The standard InChI is InChI=1S/C20H23N5O3S/c1-23-14-19(21-15-23)29(27,28)25-11-5-10-24(12-13-25)20(26)22-18-9-4-7-16-6-2-3-8-17(16)18/h2-4,6-9,14-15H,5,10-13H2,1H3,(H,22,26). The Morgan fingerprint density at radius 1 is 1.03 bits per heavy atom. The maximum Gasteiger partial charge on any atom is 0.321 e. The molecule has 0 radical (unpaired) electrons. The molecule has 0 spiro atoms. The van der Waals surface area contributed by atoms with Gasteiger partial charge in [-0.2, -0.15) is 4.31 Å². The van der Waals surface area contributed by atoms with Gasteiger partial charge in [-0.15, -0.1) is 0 Å². The van der Waals surface area contributed by atoms with Crippen LogP contribution in [0.1, 0.15) is 6.42 Å². The van der Waals surface area contributed by atoms with Crippen molar-refractivity contribution < 1.29 is 13.2 Å². The largest absolute Gasteiger partial charge is 0.339 e. The van der Waals surface area contributed by atoms with Crippen molar-refractivity contribution in [3.05, 3.63) is 55.0 Å². The van der Waals surface area contributed by atoms with Crippen molar-refractivity contribution >= 4 is 32.5 Å². The van der Waals surface area contributed by atoms with Crippen LogP contribution >= 0.6 is 0 Å². The number of amides is 2. The molecule has 1 aromatic heterocycles. The molecule has 0 aliphatic carbocycles. The Bertz CT molecular complexity index is 1140. The summed E-state index contributed by atoms with van der Waals surface area (Å²) >= 11 is 0. The van der Waals surface area contributed by atoms with Gasteiger partial charge in [0.25, 0.3) is 10.0 Å². The van der Waals surface area contributed by atoms with Crippen LogP contribution in [0.4, 0.5) is 10.5 Å². The monoisotopic (exact) mass is 413 g/mol. The molecule has 0 unspecified atom stereocenters. The molecular weight excluding hydrogens is 390 g/mol. The number of urea groups is 1. The van der Waals surface area contributed by atoms with E-state index in [0.29, 0.717) is 26.1 Å². The van der Waals surface area contributed by atoms with Crippen molar-refractivity contribution in [3.63, 3.8) is 0 Å². The Hall–Kier alpha value is -2.91. The predicted molar refractivity (Wildman–Crippen MR) is 111 cm³/mol. The highest BCUT2D eigenvalue weighted by atomic mass is 32.2. The van der Waals surface area contributed by atoms with Crippen molar-refractivity contribution in [2.24, 2.45) is 7.05 Å². The number of nitrogens with zero attached hydrogens (tertiary/aromatic N) is 4. The summed E-state index contributed by atoms with van der Waals surface area (Å²) in [5.41, 5.74) is 0.746. The number of fused-ring (bicyclic) bond motifs is 1. The number of sulfonamides is 1. The summed E-state index contributed by atoms with van der Waals surface area (Å²) in [5.74, 6) is 0. The number of anilines is 1. The summed E-state index contributed by atoms with van der Waals surface area (Å²) in [5, 5.41) is 5.03. The van der Waals surface area contributed by atoms with Crippen LogP contribution in [-0.2, 0) is 17.1 Å². The summed E-state index contributed by atoms with van der Waals surface area (Å²) in [6.07, 6.45) is 3.52. The Morgan fingerprint density at radius 2 is 1.83 bits per heavy atom. The van der Waals surface area contributed by atoms with Crippen LogP contribution in [0.5, 0.6) is 0 Å². The van der Waals surface area contributed by atoms with Crippen LogP contribution in [0.3, 0.4) is 0 Å². The van der Waals surface area contributed by atoms with E-state index in [1.54, 1.807) is 16.5 Å². The van der Waals surface area contributed by atoms with Crippen LogP contribution in [0.2, 0.25) is 0 Å². The van der Waals surface area contributed by atoms with E-state index in [-0.39, 0.29) is 17.6 Å². The molecule has 9 heteroatoms. The van der Waals surface area contributed by atoms with Crippen LogP contribution in [-0.4, -0.2) is 59.4 Å². The number of benzene rings is 2. The van der Waals surface area contributed by atoms with Gasteiger partial charge in [0.05, 0.1) is 12.0 Å². The minimum absolute atomic E-state index is 0.0358. The highest BCUT2D eigenvalue weighted by molar-refractivity contribution is 7.89. The number of aromatic nitrogens is 2. The lowest BCUT2D eigenvalue weighted by Gasteiger charge is -2.22. The zero-order valence-electron chi connectivity index (χ0n) is 16.2. The van der Waals surface area contributed by atoms with Crippen molar-refractivity contribution in [2.45, 2.75) is 11.4 Å². The smallest absolute Gasteiger partial charge is 0.321 e. The Kier molecular flexibility index (Phi) is 5.25. The normalized spacial score (nSPS) is 16.0.